The largest absolute Gasteiger partial charge is 0.331 e. The Balaban J connectivity index is 1.91. The third kappa shape index (κ3) is 5.49. The number of aldehydes is 1. The van der Waals surface area contributed by atoms with Gasteiger partial charge in [-0.2, -0.15) is 0 Å². The van der Waals surface area contributed by atoms with Crippen molar-refractivity contribution in [3.8, 4) is 11.1 Å². The van der Waals surface area contributed by atoms with Gasteiger partial charge in [-0.1, -0.05) is 60.7 Å². The first-order valence-electron chi connectivity index (χ1n) is 11.9. The molecular weight excluding hydrogens is 476 g/mol. The molecule has 0 aliphatic rings. The highest BCUT2D eigenvalue weighted by atomic mass is 19.1. The second-order valence-corrected chi connectivity index (χ2v) is 8.87. The molecule has 8 heteroatoms. The number of rotatable bonds is 9. The van der Waals surface area contributed by atoms with Crippen LogP contribution in [-0.2, 0) is 24.3 Å². The number of carbonyl (C=O) groups is 1. The monoisotopic (exact) mass is 503 g/mol. The molecule has 0 bridgehead atoms. The van der Waals surface area contributed by atoms with Crippen molar-refractivity contribution in [1.82, 2.24) is 9.13 Å². The third-order valence-electron chi connectivity index (χ3n) is 6.44. The average Bonchev–Trinajstić information content (AvgIpc) is 2.90. The predicted octanol–water partition coefficient (Wildman–Crippen LogP) is 4.14. The number of benzene rings is 3. The molecule has 4 rings (SSSR count). The van der Waals surface area contributed by atoms with E-state index in [9.17, 15) is 23.2 Å². The fourth-order valence-corrected chi connectivity index (χ4v) is 4.43. The zero-order chi connectivity index (χ0) is 26.5. The maximum absolute atomic E-state index is 14.5. The Morgan fingerprint density at radius 3 is 2.27 bits per heavy atom. The van der Waals surface area contributed by atoms with Crippen LogP contribution in [0.4, 0.5) is 8.78 Å². The fourth-order valence-electron chi connectivity index (χ4n) is 4.43. The lowest BCUT2D eigenvalue weighted by Gasteiger charge is -2.20. The smallest absolute Gasteiger partial charge is 0.322 e. The molecule has 0 spiro atoms. The van der Waals surface area contributed by atoms with Crippen LogP contribution in [0.2, 0.25) is 0 Å². The van der Waals surface area contributed by atoms with Crippen LogP contribution in [0, 0.1) is 18.6 Å². The van der Waals surface area contributed by atoms with Crippen molar-refractivity contribution in [3.05, 3.63) is 128 Å². The van der Waals surface area contributed by atoms with Crippen LogP contribution in [0.3, 0.4) is 0 Å². The van der Waals surface area contributed by atoms with Gasteiger partial charge in [-0.25, -0.2) is 13.6 Å². The second kappa shape index (κ2) is 11.3. The molecule has 0 unspecified atom stereocenters. The van der Waals surface area contributed by atoms with Crippen molar-refractivity contribution < 1.29 is 13.6 Å². The van der Waals surface area contributed by atoms with E-state index in [0.717, 1.165) is 34.1 Å². The quantitative estimate of drug-likeness (QED) is 0.348. The Kier molecular flexibility index (Phi) is 7.89. The molecule has 0 aliphatic heterocycles. The Morgan fingerprint density at radius 1 is 0.919 bits per heavy atom. The summed E-state index contributed by atoms with van der Waals surface area (Å²) in [6.45, 7) is 1.05. The van der Waals surface area contributed by atoms with Crippen LogP contribution in [0.5, 0.6) is 0 Å². The molecule has 3 aromatic carbocycles. The normalized spacial score (nSPS) is 11.9. The minimum absolute atomic E-state index is 0.125. The van der Waals surface area contributed by atoms with Gasteiger partial charge in [0.25, 0.3) is 5.56 Å². The summed E-state index contributed by atoms with van der Waals surface area (Å²) in [6, 6.07) is 19.0. The maximum Gasteiger partial charge on any atom is 0.331 e. The summed E-state index contributed by atoms with van der Waals surface area (Å²) in [4.78, 5) is 38.2. The number of hydrogen-bond acceptors (Lipinski definition) is 4. The lowest BCUT2D eigenvalue weighted by molar-refractivity contribution is -0.107. The number of aryl methyl sites for hydroxylation is 1. The summed E-state index contributed by atoms with van der Waals surface area (Å²) in [5, 5.41) is 0. The number of nitrogens with zero attached hydrogens (tertiary/aromatic N) is 2. The minimum atomic E-state index is -0.789. The van der Waals surface area contributed by atoms with Crippen LogP contribution in [0.15, 0.2) is 82.4 Å². The van der Waals surface area contributed by atoms with E-state index in [-0.39, 0.29) is 23.4 Å². The molecule has 1 atom stereocenters. The summed E-state index contributed by atoms with van der Waals surface area (Å²) in [7, 11) is 0. The van der Waals surface area contributed by atoms with Gasteiger partial charge in [0, 0.05) is 23.7 Å². The van der Waals surface area contributed by atoms with Crippen molar-refractivity contribution in [1.29, 1.82) is 0 Å². The highest BCUT2D eigenvalue weighted by Gasteiger charge is 2.22. The molecule has 190 valence electrons. The van der Waals surface area contributed by atoms with E-state index in [0.29, 0.717) is 18.4 Å². The molecule has 0 saturated heterocycles. The number of carbonyl (C=O) groups excluding carboxylic acids is 1. The van der Waals surface area contributed by atoms with E-state index < -0.39 is 35.5 Å². The van der Waals surface area contributed by atoms with Gasteiger partial charge in [-0.3, -0.25) is 13.9 Å². The summed E-state index contributed by atoms with van der Waals surface area (Å²) < 4.78 is 31.3. The van der Waals surface area contributed by atoms with Crippen molar-refractivity contribution in [2.45, 2.75) is 38.9 Å². The van der Waals surface area contributed by atoms with Crippen LogP contribution in [-0.4, -0.2) is 15.4 Å². The third-order valence-corrected chi connectivity index (χ3v) is 6.44. The summed E-state index contributed by atoms with van der Waals surface area (Å²) >= 11 is 0. The second-order valence-electron chi connectivity index (χ2n) is 8.87. The zero-order valence-electron chi connectivity index (χ0n) is 20.4. The van der Waals surface area contributed by atoms with E-state index in [1.807, 2.05) is 24.3 Å². The van der Waals surface area contributed by atoms with Gasteiger partial charge in [0.15, 0.2) is 0 Å². The Labute approximate surface area is 212 Å². The fraction of sp³-hybridized carbons (Fsp3) is 0.207. The topological polar surface area (TPSA) is 87.1 Å². The Morgan fingerprint density at radius 2 is 1.59 bits per heavy atom. The first kappa shape index (κ1) is 25.9. The molecule has 0 saturated carbocycles. The number of hydrogen-bond donors (Lipinski definition) is 1. The zero-order valence-corrected chi connectivity index (χ0v) is 20.4. The van der Waals surface area contributed by atoms with Crippen LogP contribution in [0.25, 0.3) is 11.1 Å². The SMILES string of the molecule is Cc1c(-c2cccc(CCC=O)c2)c(=O)n(C[C@H](N)c2ccccc2)c(=O)n1Cc1c(F)cccc1F. The van der Waals surface area contributed by atoms with Gasteiger partial charge in [-0.05, 0) is 42.2 Å². The molecule has 0 fully saturated rings. The van der Waals surface area contributed by atoms with Gasteiger partial charge in [0.05, 0.1) is 18.7 Å². The first-order valence-corrected chi connectivity index (χ1v) is 11.9. The van der Waals surface area contributed by atoms with Crippen LogP contribution in [0.1, 0.15) is 34.8 Å². The van der Waals surface area contributed by atoms with Gasteiger partial charge in [-0.15, -0.1) is 0 Å². The minimum Gasteiger partial charge on any atom is -0.322 e. The average molecular weight is 504 g/mol. The van der Waals surface area contributed by atoms with E-state index in [1.165, 1.54) is 10.6 Å². The van der Waals surface area contributed by atoms with Crippen molar-refractivity contribution in [2.75, 3.05) is 0 Å². The van der Waals surface area contributed by atoms with Crippen LogP contribution >= 0.6 is 0 Å². The van der Waals surface area contributed by atoms with Crippen molar-refractivity contribution in [3.63, 3.8) is 0 Å². The van der Waals surface area contributed by atoms with Crippen molar-refractivity contribution in [2.24, 2.45) is 5.73 Å². The summed E-state index contributed by atoms with van der Waals surface area (Å²) in [5.41, 5.74) is 7.43. The predicted molar refractivity (Wildman–Crippen MR) is 138 cm³/mol. The highest BCUT2D eigenvalue weighted by molar-refractivity contribution is 5.66. The molecule has 1 aromatic heterocycles. The van der Waals surface area contributed by atoms with E-state index >= 15 is 0 Å². The molecule has 0 aliphatic carbocycles. The number of aromatic nitrogens is 2. The van der Waals surface area contributed by atoms with Crippen molar-refractivity contribution >= 4 is 6.29 Å². The Hall–Kier alpha value is -4.17. The van der Waals surface area contributed by atoms with E-state index in [2.05, 4.69) is 0 Å². The molecule has 0 radical (unpaired) electrons. The first-order chi connectivity index (χ1) is 17.8. The molecule has 0 amide bonds. The van der Waals surface area contributed by atoms with E-state index in [4.69, 9.17) is 5.73 Å². The molecular formula is C29H27F2N3O3. The van der Waals surface area contributed by atoms with Crippen LogP contribution < -0.4 is 17.0 Å². The summed E-state index contributed by atoms with van der Waals surface area (Å²) in [5.74, 6) is -1.58. The lowest BCUT2D eigenvalue weighted by atomic mass is 10.0. The maximum atomic E-state index is 14.5. The number of nitrogens with two attached hydrogens (primary N) is 1. The lowest BCUT2D eigenvalue weighted by Crippen LogP contribution is -2.44. The standard InChI is InChI=1S/C29H27F2N3O3/c1-19-27(22-12-5-8-20(16-22)9-7-15-35)28(36)34(18-26(32)21-10-3-2-4-11-21)29(37)33(19)17-23-24(30)13-6-14-25(23)31/h2-6,8,10-16,26H,7,9,17-18,32H2,1H3/t26-/m0/s1. The Bertz CT molecular complexity index is 1520. The van der Waals surface area contributed by atoms with Gasteiger partial charge < -0.3 is 10.5 Å². The van der Waals surface area contributed by atoms with Gasteiger partial charge in [0.2, 0.25) is 0 Å². The highest BCUT2D eigenvalue weighted by Crippen LogP contribution is 2.23. The summed E-state index contributed by atoms with van der Waals surface area (Å²) in [6.07, 6.45) is 1.63. The van der Waals surface area contributed by atoms with Gasteiger partial charge >= 0.3 is 5.69 Å². The molecule has 1 heterocycles. The molecule has 37 heavy (non-hydrogen) atoms. The van der Waals surface area contributed by atoms with Gasteiger partial charge in [0.1, 0.15) is 17.9 Å². The molecule has 4 aromatic rings. The molecule has 2 N–H and O–H groups in total. The van der Waals surface area contributed by atoms with E-state index in [1.54, 1.807) is 37.3 Å². The molecule has 6 nitrogen and oxygen atoms in total. The number of halogens is 2.